The molecular weight excluding hydrogens is 427 g/mol. The molecule has 0 aromatic heterocycles. The minimum absolute atomic E-state index is 0.180. The molecule has 0 aliphatic carbocycles. The molecule has 1 unspecified atom stereocenters. The SMILES string of the molecule is C=C1CC(OCCCCCCCCCCCCOc2ccc(-c3ccc(C)cc3F)cc2)CO1. The largest absolute Gasteiger partial charge is 0.496 e. The molecule has 0 radical (unpaired) electrons. The second-order valence-electron chi connectivity index (χ2n) is 9.44. The van der Waals surface area contributed by atoms with Crippen molar-refractivity contribution in [1.82, 2.24) is 0 Å². The fraction of sp³-hybridized carbons (Fsp3) is 0.533. The predicted octanol–water partition coefficient (Wildman–Crippen LogP) is 8.40. The highest BCUT2D eigenvalue weighted by molar-refractivity contribution is 5.65. The number of aryl methyl sites for hydroxylation is 1. The average Bonchev–Trinajstić information content (AvgIpc) is 3.25. The van der Waals surface area contributed by atoms with E-state index in [1.807, 2.05) is 43.3 Å². The second-order valence-corrected chi connectivity index (χ2v) is 9.44. The van der Waals surface area contributed by atoms with Crippen molar-refractivity contribution in [1.29, 1.82) is 0 Å². The first kappa shape index (κ1) is 26.3. The van der Waals surface area contributed by atoms with Gasteiger partial charge in [-0.15, -0.1) is 0 Å². The summed E-state index contributed by atoms with van der Waals surface area (Å²) < 4.78 is 31.1. The Morgan fingerprint density at radius 3 is 2.06 bits per heavy atom. The normalized spacial score (nSPS) is 15.5. The molecule has 2 aromatic carbocycles. The van der Waals surface area contributed by atoms with Crippen LogP contribution in [0, 0.1) is 12.7 Å². The van der Waals surface area contributed by atoms with E-state index in [1.165, 1.54) is 51.4 Å². The van der Waals surface area contributed by atoms with E-state index in [2.05, 4.69) is 6.58 Å². The molecular formula is C30H41FO3. The molecule has 0 bridgehead atoms. The van der Waals surface area contributed by atoms with Crippen LogP contribution in [0.3, 0.4) is 0 Å². The van der Waals surface area contributed by atoms with Gasteiger partial charge in [0.25, 0.3) is 0 Å². The van der Waals surface area contributed by atoms with Crippen molar-refractivity contribution >= 4 is 0 Å². The molecule has 1 fully saturated rings. The highest BCUT2D eigenvalue weighted by Gasteiger charge is 2.19. The lowest BCUT2D eigenvalue weighted by Crippen LogP contribution is -2.12. The van der Waals surface area contributed by atoms with E-state index in [0.717, 1.165) is 55.1 Å². The molecule has 2 aromatic rings. The second kappa shape index (κ2) is 14.8. The number of rotatable bonds is 16. The molecule has 4 heteroatoms. The van der Waals surface area contributed by atoms with Crippen LogP contribution >= 0.6 is 0 Å². The van der Waals surface area contributed by atoms with E-state index in [9.17, 15) is 4.39 Å². The van der Waals surface area contributed by atoms with Gasteiger partial charge < -0.3 is 14.2 Å². The average molecular weight is 469 g/mol. The summed E-state index contributed by atoms with van der Waals surface area (Å²) in [5.41, 5.74) is 2.44. The van der Waals surface area contributed by atoms with Gasteiger partial charge >= 0.3 is 0 Å². The van der Waals surface area contributed by atoms with Crippen LogP contribution in [0.1, 0.15) is 76.2 Å². The summed E-state index contributed by atoms with van der Waals surface area (Å²) in [6.45, 7) is 7.99. The van der Waals surface area contributed by atoms with Crippen molar-refractivity contribution in [2.24, 2.45) is 0 Å². The van der Waals surface area contributed by atoms with Gasteiger partial charge in [0.2, 0.25) is 0 Å². The Kier molecular flexibility index (Phi) is 11.5. The van der Waals surface area contributed by atoms with Crippen LogP contribution in [-0.2, 0) is 9.47 Å². The summed E-state index contributed by atoms with van der Waals surface area (Å²) in [4.78, 5) is 0. The monoisotopic (exact) mass is 468 g/mol. The van der Waals surface area contributed by atoms with E-state index >= 15 is 0 Å². The Hall–Kier alpha value is -2.33. The van der Waals surface area contributed by atoms with Crippen molar-refractivity contribution in [3.05, 3.63) is 66.2 Å². The summed E-state index contributed by atoms with van der Waals surface area (Å²) in [5.74, 6) is 1.53. The molecule has 0 N–H and O–H groups in total. The zero-order valence-electron chi connectivity index (χ0n) is 20.8. The van der Waals surface area contributed by atoms with Crippen LogP contribution in [0.2, 0.25) is 0 Å². The third-order valence-electron chi connectivity index (χ3n) is 6.38. The highest BCUT2D eigenvalue weighted by Crippen LogP contribution is 2.26. The van der Waals surface area contributed by atoms with Gasteiger partial charge in [-0.05, 0) is 49.1 Å². The zero-order chi connectivity index (χ0) is 24.0. The van der Waals surface area contributed by atoms with Gasteiger partial charge in [0, 0.05) is 18.6 Å². The Labute approximate surface area is 205 Å². The first-order chi connectivity index (χ1) is 16.6. The third-order valence-corrected chi connectivity index (χ3v) is 6.38. The Morgan fingerprint density at radius 1 is 0.853 bits per heavy atom. The number of ether oxygens (including phenoxy) is 3. The number of unbranched alkanes of at least 4 members (excludes halogenated alkanes) is 9. The smallest absolute Gasteiger partial charge is 0.131 e. The van der Waals surface area contributed by atoms with Gasteiger partial charge in [0.15, 0.2) is 0 Å². The van der Waals surface area contributed by atoms with Gasteiger partial charge in [-0.3, -0.25) is 0 Å². The molecule has 1 heterocycles. The van der Waals surface area contributed by atoms with Crippen LogP contribution < -0.4 is 4.74 Å². The summed E-state index contributed by atoms with van der Waals surface area (Å²) in [6.07, 6.45) is 13.7. The van der Waals surface area contributed by atoms with Crippen molar-refractivity contribution in [3.63, 3.8) is 0 Å². The van der Waals surface area contributed by atoms with Gasteiger partial charge in [0.05, 0.1) is 18.5 Å². The van der Waals surface area contributed by atoms with E-state index in [1.54, 1.807) is 6.07 Å². The Balaban J connectivity index is 1.12. The number of benzene rings is 2. The lowest BCUT2D eigenvalue weighted by atomic mass is 10.0. The van der Waals surface area contributed by atoms with E-state index in [-0.39, 0.29) is 11.9 Å². The molecule has 186 valence electrons. The Bertz CT molecular complexity index is 862. The molecule has 0 spiro atoms. The number of halogens is 1. The molecule has 3 nitrogen and oxygen atoms in total. The predicted molar refractivity (Wildman–Crippen MR) is 138 cm³/mol. The van der Waals surface area contributed by atoms with Gasteiger partial charge in [-0.2, -0.15) is 0 Å². The van der Waals surface area contributed by atoms with E-state index in [4.69, 9.17) is 14.2 Å². The highest BCUT2D eigenvalue weighted by atomic mass is 19.1. The zero-order valence-corrected chi connectivity index (χ0v) is 20.8. The van der Waals surface area contributed by atoms with Crippen molar-refractivity contribution in [2.45, 2.75) is 83.7 Å². The summed E-state index contributed by atoms with van der Waals surface area (Å²) >= 11 is 0. The fourth-order valence-electron chi connectivity index (χ4n) is 4.33. The summed E-state index contributed by atoms with van der Waals surface area (Å²) in [6, 6.07) is 13.1. The molecule has 3 rings (SSSR count). The summed E-state index contributed by atoms with van der Waals surface area (Å²) in [7, 11) is 0. The van der Waals surface area contributed by atoms with E-state index in [0.29, 0.717) is 12.2 Å². The maximum atomic E-state index is 14.1. The van der Waals surface area contributed by atoms with Gasteiger partial charge in [-0.25, -0.2) is 4.39 Å². The minimum atomic E-state index is -0.180. The molecule has 1 aliphatic rings. The standard InChI is InChI=1S/C30H41FO3/c1-24-13-18-29(30(31)21-24)26-14-16-27(17-15-26)32-19-11-9-7-5-3-4-6-8-10-12-20-33-28-22-25(2)34-23-28/h13-18,21,28H,2-12,19-20,22-23H2,1H3. The molecule has 1 aliphatic heterocycles. The molecule has 0 saturated carbocycles. The molecule has 1 atom stereocenters. The van der Waals surface area contributed by atoms with Gasteiger partial charge in [-0.1, -0.05) is 82.2 Å². The third kappa shape index (κ3) is 9.50. The van der Waals surface area contributed by atoms with Crippen LogP contribution in [0.15, 0.2) is 54.8 Å². The van der Waals surface area contributed by atoms with Gasteiger partial charge in [0.1, 0.15) is 18.2 Å². The maximum absolute atomic E-state index is 14.1. The lowest BCUT2D eigenvalue weighted by Gasteiger charge is -2.09. The van der Waals surface area contributed by atoms with Crippen molar-refractivity contribution < 1.29 is 18.6 Å². The van der Waals surface area contributed by atoms with Crippen molar-refractivity contribution in [3.8, 4) is 16.9 Å². The summed E-state index contributed by atoms with van der Waals surface area (Å²) in [5, 5.41) is 0. The number of hydrogen-bond donors (Lipinski definition) is 0. The lowest BCUT2D eigenvalue weighted by molar-refractivity contribution is 0.0423. The van der Waals surface area contributed by atoms with Crippen LogP contribution in [0.5, 0.6) is 5.75 Å². The molecule has 0 amide bonds. The fourth-order valence-corrected chi connectivity index (χ4v) is 4.33. The van der Waals surface area contributed by atoms with Crippen LogP contribution in [0.25, 0.3) is 11.1 Å². The topological polar surface area (TPSA) is 27.7 Å². The quantitative estimate of drug-likeness (QED) is 0.231. The minimum Gasteiger partial charge on any atom is -0.496 e. The van der Waals surface area contributed by atoms with E-state index < -0.39 is 0 Å². The first-order valence-electron chi connectivity index (χ1n) is 13.0. The first-order valence-corrected chi connectivity index (χ1v) is 13.0. The van der Waals surface area contributed by atoms with Crippen LogP contribution in [-0.4, -0.2) is 25.9 Å². The molecule has 1 saturated heterocycles. The van der Waals surface area contributed by atoms with Crippen molar-refractivity contribution in [2.75, 3.05) is 19.8 Å². The van der Waals surface area contributed by atoms with Crippen LogP contribution in [0.4, 0.5) is 4.39 Å². The Morgan fingerprint density at radius 2 is 1.47 bits per heavy atom. The number of hydrogen-bond acceptors (Lipinski definition) is 3. The molecule has 34 heavy (non-hydrogen) atoms. The maximum Gasteiger partial charge on any atom is 0.131 e.